The Morgan fingerprint density at radius 2 is 1.69 bits per heavy atom. The minimum atomic E-state index is -4.92. The van der Waals surface area contributed by atoms with Gasteiger partial charge in [0.15, 0.2) is 0 Å². The van der Waals surface area contributed by atoms with E-state index in [0.717, 1.165) is 12.1 Å². The van der Waals surface area contributed by atoms with Crippen molar-refractivity contribution in [2.45, 2.75) is 6.18 Å². The van der Waals surface area contributed by atoms with Gasteiger partial charge in [-0.1, -0.05) is 12.1 Å². The van der Waals surface area contributed by atoms with Crippen molar-refractivity contribution >= 4 is 23.3 Å². The van der Waals surface area contributed by atoms with E-state index in [0.29, 0.717) is 6.08 Å². The van der Waals surface area contributed by atoms with E-state index < -0.39 is 17.8 Å². The number of carbonyl (C=O) groups excluding carboxylic acids is 1. The summed E-state index contributed by atoms with van der Waals surface area (Å²) in [5.74, 6) is -2.52. The fraction of sp³-hybridized carbons (Fsp3) is 0.100. The van der Waals surface area contributed by atoms with Crippen LogP contribution in [0.15, 0.2) is 30.3 Å². The lowest BCUT2D eigenvalue weighted by Gasteiger charge is -2.03. The van der Waals surface area contributed by atoms with Crippen LogP contribution in [0.5, 0.6) is 0 Å². The van der Waals surface area contributed by atoms with E-state index in [9.17, 15) is 22.4 Å². The average molecular weight is 250 g/mol. The summed E-state index contributed by atoms with van der Waals surface area (Å²) in [4.78, 5) is 10.4. The Bertz CT molecular complexity index is 419. The molecule has 0 spiro atoms. The number of carbonyl (C=O) groups is 1. The molecule has 0 fully saturated rings. The SMILES string of the molecule is O=C(C=C(S)c1ccc(F)cc1)C(F)(F)F. The van der Waals surface area contributed by atoms with E-state index in [1.807, 2.05) is 0 Å². The molecule has 0 saturated heterocycles. The molecule has 1 aromatic rings. The average Bonchev–Trinajstić information content (AvgIpc) is 2.17. The molecule has 0 radical (unpaired) electrons. The molecule has 0 bridgehead atoms. The predicted molar refractivity (Wildman–Crippen MR) is 54.4 cm³/mol. The number of allylic oxidation sites excluding steroid dienone is 1. The van der Waals surface area contributed by atoms with Crippen molar-refractivity contribution in [3.05, 3.63) is 41.7 Å². The molecule has 0 aromatic heterocycles. The van der Waals surface area contributed by atoms with Crippen LogP contribution in [0.25, 0.3) is 4.91 Å². The van der Waals surface area contributed by atoms with Gasteiger partial charge in [0.05, 0.1) is 0 Å². The number of ketones is 1. The number of benzene rings is 1. The third-order valence-corrected chi connectivity index (χ3v) is 2.07. The summed E-state index contributed by atoms with van der Waals surface area (Å²) in [6.07, 6.45) is -4.57. The van der Waals surface area contributed by atoms with Crippen molar-refractivity contribution < 1.29 is 22.4 Å². The van der Waals surface area contributed by atoms with Gasteiger partial charge in [-0.05, 0) is 17.7 Å². The molecule has 86 valence electrons. The molecule has 0 saturated carbocycles. The van der Waals surface area contributed by atoms with Crippen molar-refractivity contribution in [3.8, 4) is 0 Å². The second-order valence-corrected chi connectivity index (χ2v) is 3.38. The normalized spacial score (nSPS) is 12.7. The van der Waals surface area contributed by atoms with Crippen molar-refractivity contribution in [1.29, 1.82) is 0 Å². The first-order chi connectivity index (χ1) is 7.30. The Labute approximate surface area is 94.2 Å². The standard InChI is InChI=1S/C10H6F4OS/c11-7-3-1-6(2-4-7)8(16)5-9(15)10(12,13)14/h1-5,16H. The van der Waals surface area contributed by atoms with Gasteiger partial charge in [-0.15, -0.1) is 12.6 Å². The summed E-state index contributed by atoms with van der Waals surface area (Å²) in [5, 5.41) is 0. The Morgan fingerprint density at radius 3 is 2.12 bits per heavy atom. The van der Waals surface area contributed by atoms with Crippen LogP contribution in [0.4, 0.5) is 17.6 Å². The molecule has 1 aromatic carbocycles. The van der Waals surface area contributed by atoms with Crippen molar-refractivity contribution in [1.82, 2.24) is 0 Å². The van der Waals surface area contributed by atoms with E-state index in [-0.39, 0.29) is 10.5 Å². The number of halogens is 4. The minimum Gasteiger partial charge on any atom is -0.285 e. The maximum absolute atomic E-state index is 12.5. The zero-order valence-electron chi connectivity index (χ0n) is 7.75. The Balaban J connectivity index is 2.94. The monoisotopic (exact) mass is 250 g/mol. The molecular formula is C10H6F4OS. The molecule has 0 aliphatic rings. The molecule has 0 atom stereocenters. The van der Waals surface area contributed by atoms with E-state index >= 15 is 0 Å². The summed E-state index contributed by atoms with van der Waals surface area (Å²) in [7, 11) is 0. The minimum absolute atomic E-state index is 0.165. The van der Waals surface area contributed by atoms with Gasteiger partial charge in [-0.25, -0.2) is 4.39 Å². The first kappa shape index (κ1) is 12.8. The van der Waals surface area contributed by atoms with E-state index in [1.54, 1.807) is 0 Å². The Hall–Kier alpha value is -1.30. The first-order valence-electron chi connectivity index (χ1n) is 4.08. The molecule has 16 heavy (non-hydrogen) atoms. The highest BCUT2D eigenvalue weighted by Crippen LogP contribution is 2.23. The second kappa shape index (κ2) is 4.69. The van der Waals surface area contributed by atoms with Crippen LogP contribution in [0.2, 0.25) is 0 Å². The predicted octanol–water partition coefficient (Wildman–Crippen LogP) is 3.23. The summed E-state index contributed by atoms with van der Waals surface area (Å²) in [6, 6.07) is 4.60. The number of alkyl halides is 3. The second-order valence-electron chi connectivity index (χ2n) is 2.90. The van der Waals surface area contributed by atoms with Crippen molar-refractivity contribution in [2.24, 2.45) is 0 Å². The van der Waals surface area contributed by atoms with Gasteiger partial charge in [-0.3, -0.25) is 4.79 Å². The highest BCUT2D eigenvalue weighted by molar-refractivity contribution is 7.90. The molecule has 1 nitrogen and oxygen atoms in total. The van der Waals surface area contributed by atoms with E-state index in [4.69, 9.17) is 0 Å². The van der Waals surface area contributed by atoms with Gasteiger partial charge in [0, 0.05) is 11.0 Å². The van der Waals surface area contributed by atoms with Crippen LogP contribution < -0.4 is 0 Å². The lowest BCUT2D eigenvalue weighted by molar-refractivity contribution is -0.165. The summed E-state index contributed by atoms with van der Waals surface area (Å²) in [6.45, 7) is 0. The third-order valence-electron chi connectivity index (χ3n) is 1.69. The van der Waals surface area contributed by atoms with Gasteiger partial charge >= 0.3 is 6.18 Å². The van der Waals surface area contributed by atoms with Crippen molar-refractivity contribution in [2.75, 3.05) is 0 Å². The number of thiol groups is 1. The molecule has 6 heteroatoms. The van der Waals surface area contributed by atoms with Crippen LogP contribution in [0.1, 0.15) is 5.56 Å². The smallest absolute Gasteiger partial charge is 0.285 e. The summed E-state index contributed by atoms with van der Waals surface area (Å²) >= 11 is 3.74. The van der Waals surface area contributed by atoms with E-state index in [1.165, 1.54) is 12.1 Å². The molecule has 0 heterocycles. The topological polar surface area (TPSA) is 17.1 Å². The van der Waals surface area contributed by atoms with Crippen LogP contribution in [-0.2, 0) is 4.79 Å². The highest BCUT2D eigenvalue weighted by Gasteiger charge is 2.36. The number of hydrogen-bond acceptors (Lipinski definition) is 2. The molecule has 0 N–H and O–H groups in total. The van der Waals surface area contributed by atoms with Crippen LogP contribution in [0.3, 0.4) is 0 Å². The largest absolute Gasteiger partial charge is 0.454 e. The Morgan fingerprint density at radius 1 is 1.19 bits per heavy atom. The molecule has 0 aliphatic heterocycles. The molecule has 0 unspecified atom stereocenters. The van der Waals surface area contributed by atoms with Gasteiger partial charge < -0.3 is 0 Å². The van der Waals surface area contributed by atoms with Gasteiger partial charge in [0.1, 0.15) is 5.82 Å². The molecule has 0 aliphatic carbocycles. The highest BCUT2D eigenvalue weighted by atomic mass is 32.1. The maximum atomic E-state index is 12.5. The van der Waals surface area contributed by atoms with E-state index in [2.05, 4.69) is 12.6 Å². The maximum Gasteiger partial charge on any atom is 0.454 e. The molecule has 1 rings (SSSR count). The number of hydrogen-bond donors (Lipinski definition) is 1. The molecule has 0 amide bonds. The third kappa shape index (κ3) is 3.37. The van der Waals surface area contributed by atoms with Gasteiger partial charge in [0.25, 0.3) is 5.78 Å². The van der Waals surface area contributed by atoms with Gasteiger partial charge in [0.2, 0.25) is 0 Å². The Kier molecular flexibility index (Phi) is 3.74. The summed E-state index contributed by atoms with van der Waals surface area (Å²) < 4.78 is 48.2. The van der Waals surface area contributed by atoms with Gasteiger partial charge in [-0.2, -0.15) is 13.2 Å². The molecular weight excluding hydrogens is 244 g/mol. The van der Waals surface area contributed by atoms with Crippen molar-refractivity contribution in [3.63, 3.8) is 0 Å². The first-order valence-corrected chi connectivity index (χ1v) is 4.53. The zero-order valence-corrected chi connectivity index (χ0v) is 8.65. The number of rotatable bonds is 2. The fourth-order valence-corrected chi connectivity index (χ4v) is 1.18. The quantitative estimate of drug-likeness (QED) is 0.484. The zero-order chi connectivity index (χ0) is 12.3. The van der Waals surface area contributed by atoms with Crippen LogP contribution in [-0.4, -0.2) is 12.0 Å². The summed E-state index contributed by atoms with van der Waals surface area (Å²) in [5.41, 5.74) is 0.238. The lowest BCUT2D eigenvalue weighted by Crippen LogP contribution is -2.20. The fourth-order valence-electron chi connectivity index (χ4n) is 0.910. The van der Waals surface area contributed by atoms with Crippen LogP contribution in [0, 0.1) is 5.82 Å². The van der Waals surface area contributed by atoms with Crippen LogP contribution >= 0.6 is 12.6 Å². The lowest BCUT2D eigenvalue weighted by atomic mass is 10.2.